The number of benzene rings is 4. The molecule has 5 nitrogen and oxygen atoms in total. The van der Waals surface area contributed by atoms with Gasteiger partial charge in [-0.25, -0.2) is 0 Å². The summed E-state index contributed by atoms with van der Waals surface area (Å²) in [6.45, 7) is 8.06. The fourth-order valence-corrected chi connectivity index (χ4v) is 4.97. The molecule has 0 saturated carbocycles. The van der Waals surface area contributed by atoms with E-state index in [0.717, 1.165) is 46.2 Å². The lowest BCUT2D eigenvalue weighted by atomic mass is 10.0. The van der Waals surface area contributed by atoms with Crippen LogP contribution in [0.4, 0.5) is 0 Å². The molecule has 5 rings (SSSR count). The van der Waals surface area contributed by atoms with Crippen molar-refractivity contribution in [3.63, 3.8) is 0 Å². The fourth-order valence-electron chi connectivity index (χ4n) is 4.97. The van der Waals surface area contributed by atoms with Crippen LogP contribution in [0.15, 0.2) is 97.6 Å². The van der Waals surface area contributed by atoms with Gasteiger partial charge in [0.05, 0.1) is 5.56 Å². The first-order valence-corrected chi connectivity index (χ1v) is 13.7. The first kappa shape index (κ1) is 27.2. The Labute approximate surface area is 236 Å². The molecule has 0 radical (unpaired) electrons. The lowest BCUT2D eigenvalue weighted by molar-refractivity contribution is 0.0746. The van der Waals surface area contributed by atoms with Crippen LogP contribution >= 0.6 is 0 Å². The van der Waals surface area contributed by atoms with E-state index in [0.29, 0.717) is 43.4 Å². The minimum atomic E-state index is -0.0896. The number of allylic oxidation sites excluding steroid dienone is 1. The van der Waals surface area contributed by atoms with Crippen molar-refractivity contribution in [1.29, 1.82) is 0 Å². The second-order valence-electron chi connectivity index (χ2n) is 10.3. The van der Waals surface area contributed by atoms with E-state index in [1.807, 2.05) is 84.6 Å². The molecule has 0 unspecified atom stereocenters. The van der Waals surface area contributed by atoms with Gasteiger partial charge in [0.15, 0.2) is 0 Å². The molecule has 0 saturated heterocycles. The van der Waals surface area contributed by atoms with Gasteiger partial charge in [0.1, 0.15) is 24.7 Å². The molecule has 40 heavy (non-hydrogen) atoms. The highest BCUT2D eigenvalue weighted by Crippen LogP contribution is 2.36. The second-order valence-corrected chi connectivity index (χ2v) is 10.3. The van der Waals surface area contributed by atoms with Crippen LogP contribution in [-0.4, -0.2) is 22.5 Å². The molecule has 0 aromatic heterocycles. The van der Waals surface area contributed by atoms with Gasteiger partial charge in [-0.3, -0.25) is 4.79 Å². The Balaban J connectivity index is 1.44. The van der Waals surface area contributed by atoms with Crippen LogP contribution < -0.4 is 9.47 Å². The molecule has 0 spiro atoms. The lowest BCUT2D eigenvalue weighted by Crippen LogP contribution is -2.26. The average Bonchev–Trinajstić information content (AvgIpc) is 3.42. The number of hydrogen-bond donors (Lipinski definition) is 1. The Morgan fingerprint density at radius 2 is 1.38 bits per heavy atom. The zero-order chi connectivity index (χ0) is 27.9. The number of fused-ring (bicyclic) bond motifs is 1. The lowest BCUT2D eigenvalue weighted by Gasteiger charge is -2.21. The van der Waals surface area contributed by atoms with Crippen LogP contribution in [0.25, 0.3) is 5.57 Å². The molecular formula is C35H35NO4. The van der Waals surface area contributed by atoms with Crippen LogP contribution in [0, 0.1) is 0 Å². The Bertz CT molecular complexity index is 1480. The van der Waals surface area contributed by atoms with Crippen LogP contribution in [0.2, 0.25) is 0 Å². The number of carbonyl (C=O) groups excluding carboxylic acids is 1. The monoisotopic (exact) mass is 533 g/mol. The highest BCUT2D eigenvalue weighted by atomic mass is 16.5. The summed E-state index contributed by atoms with van der Waals surface area (Å²) in [5.41, 5.74) is 7.64. The van der Waals surface area contributed by atoms with Crippen molar-refractivity contribution < 1.29 is 19.4 Å². The molecule has 0 atom stereocenters. The summed E-state index contributed by atoms with van der Waals surface area (Å²) in [4.78, 5) is 15.9. The number of amides is 1. The molecule has 1 N–H and O–H groups in total. The minimum Gasteiger partial charge on any atom is -0.488 e. The maximum Gasteiger partial charge on any atom is 0.258 e. The van der Waals surface area contributed by atoms with Crippen LogP contribution in [0.3, 0.4) is 0 Å². The first-order valence-electron chi connectivity index (χ1n) is 13.7. The number of hydrogen-bond acceptors (Lipinski definition) is 4. The summed E-state index contributed by atoms with van der Waals surface area (Å²) in [6.07, 6.45) is 1.55. The number of ether oxygens (including phenoxy) is 2. The van der Waals surface area contributed by atoms with E-state index in [2.05, 4.69) is 24.8 Å². The zero-order valence-electron chi connectivity index (χ0n) is 22.9. The van der Waals surface area contributed by atoms with E-state index >= 15 is 0 Å². The van der Waals surface area contributed by atoms with Gasteiger partial charge in [-0.1, -0.05) is 85.4 Å². The second kappa shape index (κ2) is 12.7. The third-order valence-corrected chi connectivity index (χ3v) is 7.15. The fraction of sp³-hybridized carbons (Fsp3) is 0.229. The summed E-state index contributed by atoms with van der Waals surface area (Å²) in [7, 11) is 0. The van der Waals surface area contributed by atoms with Gasteiger partial charge in [-0.05, 0) is 59.2 Å². The molecule has 204 valence electrons. The summed E-state index contributed by atoms with van der Waals surface area (Å²) in [5, 5.41) is 9.20. The topological polar surface area (TPSA) is 59.0 Å². The first-order chi connectivity index (χ1) is 19.5. The van der Waals surface area contributed by atoms with E-state index in [9.17, 15) is 9.90 Å². The van der Waals surface area contributed by atoms with Gasteiger partial charge in [-0.2, -0.15) is 0 Å². The highest BCUT2D eigenvalue weighted by molar-refractivity contribution is 5.98. The Morgan fingerprint density at radius 3 is 1.98 bits per heavy atom. The summed E-state index contributed by atoms with van der Waals surface area (Å²) >= 11 is 0. The smallest absolute Gasteiger partial charge is 0.258 e. The molecule has 1 heterocycles. The van der Waals surface area contributed by atoms with E-state index in [1.165, 1.54) is 5.56 Å². The number of aliphatic hydroxyl groups excluding tert-OH is 1. The van der Waals surface area contributed by atoms with Crippen LogP contribution in [0.5, 0.6) is 11.5 Å². The van der Waals surface area contributed by atoms with Gasteiger partial charge in [0.25, 0.3) is 5.91 Å². The van der Waals surface area contributed by atoms with Crippen molar-refractivity contribution in [3.05, 3.63) is 137 Å². The van der Waals surface area contributed by atoms with Gasteiger partial charge in [0.2, 0.25) is 0 Å². The van der Waals surface area contributed by atoms with Gasteiger partial charge in [0, 0.05) is 31.3 Å². The minimum absolute atomic E-state index is 0.0896. The Hall–Kier alpha value is -4.35. The molecule has 0 aliphatic carbocycles. The average molecular weight is 534 g/mol. The molecule has 1 amide bonds. The van der Waals surface area contributed by atoms with E-state index < -0.39 is 0 Å². The molecule has 4 aromatic rings. The number of aryl methyl sites for hydroxylation is 1. The van der Waals surface area contributed by atoms with E-state index in [1.54, 1.807) is 0 Å². The van der Waals surface area contributed by atoms with Crippen LogP contribution in [-0.2, 0) is 32.7 Å². The standard InChI is InChI=1S/C35H35NO4/c1-25(2)31-19-32(35(38)36-21-29-16-15-26(14-9-17-37)18-30(29)22-36)34(40-24-28-12-7-4-8-13-28)20-33(31)39-23-27-10-5-3-6-11-27/h3-8,10-13,15-16,18-20,37H,1,9,14,17,21-24H2,2H3. The van der Waals surface area contributed by atoms with E-state index in [-0.39, 0.29) is 12.5 Å². The van der Waals surface area contributed by atoms with Crippen molar-refractivity contribution in [1.82, 2.24) is 4.90 Å². The maximum absolute atomic E-state index is 14.0. The molecular weight excluding hydrogens is 498 g/mol. The number of rotatable bonds is 11. The predicted molar refractivity (Wildman–Crippen MR) is 158 cm³/mol. The van der Waals surface area contributed by atoms with Crippen molar-refractivity contribution in [3.8, 4) is 11.5 Å². The molecule has 1 aliphatic rings. The molecule has 4 aromatic carbocycles. The molecule has 0 bridgehead atoms. The number of nitrogens with zero attached hydrogens (tertiary/aromatic N) is 1. The SMILES string of the molecule is C=C(C)c1cc(C(=O)N2Cc3ccc(CCCO)cc3C2)c(OCc2ccccc2)cc1OCc1ccccc1. The third-order valence-electron chi connectivity index (χ3n) is 7.15. The Morgan fingerprint density at radius 1 is 0.775 bits per heavy atom. The van der Waals surface area contributed by atoms with Crippen LogP contribution in [0.1, 0.15) is 57.1 Å². The van der Waals surface area contributed by atoms with Gasteiger partial charge in [-0.15, -0.1) is 0 Å². The van der Waals surface area contributed by atoms with Crippen molar-refractivity contribution in [2.24, 2.45) is 0 Å². The van der Waals surface area contributed by atoms with Crippen molar-refractivity contribution >= 4 is 11.5 Å². The third kappa shape index (κ3) is 6.44. The summed E-state index contributed by atoms with van der Waals surface area (Å²) in [6, 6.07) is 29.9. The maximum atomic E-state index is 14.0. The number of aliphatic hydroxyl groups is 1. The Kier molecular flexibility index (Phi) is 8.62. The van der Waals surface area contributed by atoms with Crippen molar-refractivity contribution in [2.75, 3.05) is 6.61 Å². The largest absolute Gasteiger partial charge is 0.488 e. The van der Waals surface area contributed by atoms with E-state index in [4.69, 9.17) is 9.47 Å². The van der Waals surface area contributed by atoms with Gasteiger partial charge < -0.3 is 19.5 Å². The molecule has 1 aliphatic heterocycles. The quantitative estimate of drug-likeness (QED) is 0.226. The number of carbonyl (C=O) groups is 1. The molecule has 0 fully saturated rings. The predicted octanol–water partition coefficient (Wildman–Crippen LogP) is 6.96. The molecule has 5 heteroatoms. The summed E-state index contributed by atoms with van der Waals surface area (Å²) < 4.78 is 12.5. The highest BCUT2D eigenvalue weighted by Gasteiger charge is 2.28. The van der Waals surface area contributed by atoms with Gasteiger partial charge >= 0.3 is 0 Å². The normalized spacial score (nSPS) is 12.2. The van der Waals surface area contributed by atoms with Crippen molar-refractivity contribution in [2.45, 2.75) is 46.1 Å². The summed E-state index contributed by atoms with van der Waals surface area (Å²) in [5.74, 6) is 1.03. The zero-order valence-corrected chi connectivity index (χ0v) is 22.9.